The van der Waals surface area contributed by atoms with Crippen molar-refractivity contribution in [3.8, 4) is 0 Å². The fourth-order valence-corrected chi connectivity index (χ4v) is 3.30. The highest BCUT2D eigenvalue weighted by atomic mass is 16.2. The first-order valence-corrected chi connectivity index (χ1v) is 8.10. The van der Waals surface area contributed by atoms with Gasteiger partial charge in [-0.3, -0.25) is 10.1 Å². The van der Waals surface area contributed by atoms with E-state index in [1.54, 1.807) is 0 Å². The Bertz CT molecular complexity index is 485. The number of rotatable bonds is 5. The van der Waals surface area contributed by atoms with E-state index in [1.807, 2.05) is 25.1 Å². The zero-order chi connectivity index (χ0) is 15.6. The molecule has 0 aliphatic carbocycles. The minimum atomic E-state index is -0.456. The highest BCUT2D eigenvalue weighted by Gasteiger charge is 2.49. The van der Waals surface area contributed by atoms with E-state index < -0.39 is 5.54 Å². The summed E-state index contributed by atoms with van der Waals surface area (Å²) in [6.07, 6.45) is 1.77. The van der Waals surface area contributed by atoms with Crippen LogP contribution in [0.5, 0.6) is 0 Å². The van der Waals surface area contributed by atoms with Crippen LogP contribution in [0.1, 0.15) is 59.2 Å². The summed E-state index contributed by atoms with van der Waals surface area (Å²) in [5, 5.41) is 3.58. The summed E-state index contributed by atoms with van der Waals surface area (Å²) >= 11 is 0. The molecule has 2 rings (SSSR count). The predicted octanol–water partition coefficient (Wildman–Crippen LogP) is 3.72. The fourth-order valence-electron chi connectivity index (χ4n) is 3.30. The quantitative estimate of drug-likeness (QED) is 0.895. The minimum Gasteiger partial charge on any atom is -0.318 e. The topological polar surface area (TPSA) is 32.3 Å². The molecule has 1 aromatic carbocycles. The van der Waals surface area contributed by atoms with Crippen molar-refractivity contribution in [2.75, 3.05) is 0 Å². The summed E-state index contributed by atoms with van der Waals surface area (Å²) in [6.45, 7) is 10.7. The monoisotopic (exact) mass is 288 g/mol. The second-order valence-electron chi connectivity index (χ2n) is 6.58. The van der Waals surface area contributed by atoms with Gasteiger partial charge >= 0.3 is 0 Å². The van der Waals surface area contributed by atoms with Crippen LogP contribution in [0.4, 0.5) is 0 Å². The molecule has 0 aromatic heterocycles. The van der Waals surface area contributed by atoms with Gasteiger partial charge in [0, 0.05) is 6.04 Å². The first kappa shape index (κ1) is 16.0. The van der Waals surface area contributed by atoms with Crippen molar-refractivity contribution in [1.82, 2.24) is 10.2 Å². The average molecular weight is 288 g/mol. The zero-order valence-electron chi connectivity index (χ0n) is 13.9. The lowest BCUT2D eigenvalue weighted by Gasteiger charge is -2.35. The molecule has 0 bridgehead atoms. The lowest BCUT2D eigenvalue weighted by molar-refractivity contribution is -0.136. The summed E-state index contributed by atoms with van der Waals surface area (Å²) in [4.78, 5) is 15.1. The summed E-state index contributed by atoms with van der Waals surface area (Å²) < 4.78 is 0. The Morgan fingerprint density at radius 3 is 2.33 bits per heavy atom. The molecule has 1 fully saturated rings. The van der Waals surface area contributed by atoms with Crippen molar-refractivity contribution >= 4 is 5.91 Å². The second-order valence-corrected chi connectivity index (χ2v) is 6.58. The van der Waals surface area contributed by atoms with Crippen LogP contribution in [0.15, 0.2) is 30.3 Å². The second kappa shape index (κ2) is 6.18. The smallest absolute Gasteiger partial charge is 0.244 e. The van der Waals surface area contributed by atoms with Gasteiger partial charge in [0.2, 0.25) is 5.91 Å². The standard InChI is InChI=1S/C18H28N2O/c1-6-15(13(3)4)20-16(14-11-9-8-10-12-14)19-18(5,7-2)17(20)21/h8-13,15-16,19H,6-7H2,1-5H3. The van der Waals surface area contributed by atoms with Crippen molar-refractivity contribution in [2.24, 2.45) is 5.92 Å². The van der Waals surface area contributed by atoms with Crippen LogP contribution in [0, 0.1) is 5.92 Å². The number of hydrogen-bond donors (Lipinski definition) is 1. The molecule has 1 amide bonds. The van der Waals surface area contributed by atoms with E-state index in [-0.39, 0.29) is 18.1 Å². The van der Waals surface area contributed by atoms with Crippen LogP contribution in [-0.4, -0.2) is 22.4 Å². The maximum Gasteiger partial charge on any atom is 0.244 e. The van der Waals surface area contributed by atoms with E-state index in [0.717, 1.165) is 12.8 Å². The molecule has 3 nitrogen and oxygen atoms in total. The van der Waals surface area contributed by atoms with Crippen LogP contribution in [0.2, 0.25) is 0 Å². The van der Waals surface area contributed by atoms with Gasteiger partial charge in [-0.05, 0) is 31.2 Å². The highest BCUT2D eigenvalue weighted by molar-refractivity contribution is 5.89. The molecule has 1 saturated heterocycles. The van der Waals surface area contributed by atoms with Gasteiger partial charge in [-0.15, -0.1) is 0 Å². The Morgan fingerprint density at radius 2 is 1.86 bits per heavy atom. The largest absolute Gasteiger partial charge is 0.318 e. The van der Waals surface area contributed by atoms with E-state index in [9.17, 15) is 4.79 Å². The molecule has 0 spiro atoms. The molecule has 3 atom stereocenters. The molecular weight excluding hydrogens is 260 g/mol. The summed E-state index contributed by atoms with van der Waals surface area (Å²) in [7, 11) is 0. The molecule has 0 saturated carbocycles. The molecule has 1 aromatic rings. The van der Waals surface area contributed by atoms with Crippen LogP contribution in [0.3, 0.4) is 0 Å². The van der Waals surface area contributed by atoms with Gasteiger partial charge in [-0.1, -0.05) is 58.0 Å². The molecule has 3 heteroatoms. The maximum absolute atomic E-state index is 13.0. The number of carbonyl (C=O) groups excluding carboxylic acids is 1. The normalized spacial score (nSPS) is 27.4. The Hall–Kier alpha value is -1.35. The van der Waals surface area contributed by atoms with Crippen LogP contribution in [-0.2, 0) is 4.79 Å². The summed E-state index contributed by atoms with van der Waals surface area (Å²) in [5.74, 6) is 0.686. The van der Waals surface area contributed by atoms with Crippen molar-refractivity contribution in [2.45, 2.75) is 65.2 Å². The van der Waals surface area contributed by atoms with Crippen molar-refractivity contribution < 1.29 is 4.79 Å². The Kier molecular flexibility index (Phi) is 4.72. The highest BCUT2D eigenvalue weighted by Crippen LogP contribution is 2.36. The van der Waals surface area contributed by atoms with Crippen molar-refractivity contribution in [1.29, 1.82) is 0 Å². The zero-order valence-corrected chi connectivity index (χ0v) is 13.9. The van der Waals surface area contributed by atoms with Crippen molar-refractivity contribution in [3.05, 3.63) is 35.9 Å². The van der Waals surface area contributed by atoms with Crippen molar-refractivity contribution in [3.63, 3.8) is 0 Å². The van der Waals surface area contributed by atoms with E-state index in [1.165, 1.54) is 5.56 Å². The molecule has 0 radical (unpaired) electrons. The lowest BCUT2D eigenvalue weighted by atomic mass is 9.95. The maximum atomic E-state index is 13.0. The third-order valence-electron chi connectivity index (χ3n) is 4.81. The first-order chi connectivity index (χ1) is 9.94. The van der Waals surface area contributed by atoms with E-state index in [0.29, 0.717) is 5.92 Å². The van der Waals surface area contributed by atoms with E-state index >= 15 is 0 Å². The van der Waals surface area contributed by atoms with E-state index in [4.69, 9.17) is 0 Å². The van der Waals surface area contributed by atoms with Gasteiger partial charge in [0.1, 0.15) is 6.17 Å². The number of hydrogen-bond acceptors (Lipinski definition) is 2. The average Bonchev–Trinajstić information content (AvgIpc) is 2.75. The molecule has 3 unspecified atom stereocenters. The Balaban J connectivity index is 2.43. The van der Waals surface area contributed by atoms with Gasteiger partial charge in [0.25, 0.3) is 0 Å². The molecule has 1 N–H and O–H groups in total. The summed E-state index contributed by atoms with van der Waals surface area (Å²) in [6, 6.07) is 10.6. The number of nitrogens with one attached hydrogen (secondary N) is 1. The van der Waals surface area contributed by atoms with Gasteiger partial charge in [-0.2, -0.15) is 0 Å². The number of amides is 1. The van der Waals surface area contributed by atoms with Gasteiger partial charge in [-0.25, -0.2) is 0 Å². The molecule has 21 heavy (non-hydrogen) atoms. The molecule has 1 aliphatic rings. The third kappa shape index (κ3) is 2.84. The Morgan fingerprint density at radius 1 is 1.24 bits per heavy atom. The molecule has 1 heterocycles. The molecule has 116 valence electrons. The van der Waals surface area contributed by atoms with Gasteiger partial charge < -0.3 is 4.90 Å². The predicted molar refractivity (Wildman–Crippen MR) is 86.8 cm³/mol. The molecule has 1 aliphatic heterocycles. The van der Waals surface area contributed by atoms with Gasteiger partial charge in [0.05, 0.1) is 5.54 Å². The van der Waals surface area contributed by atoms with Crippen LogP contribution < -0.4 is 5.32 Å². The van der Waals surface area contributed by atoms with E-state index in [2.05, 4.69) is 50.0 Å². The van der Waals surface area contributed by atoms with Crippen LogP contribution in [0.25, 0.3) is 0 Å². The first-order valence-electron chi connectivity index (χ1n) is 8.10. The fraction of sp³-hybridized carbons (Fsp3) is 0.611. The summed E-state index contributed by atoms with van der Waals surface area (Å²) in [5.41, 5.74) is 0.713. The molecular formula is C18H28N2O. The Labute approximate surface area is 128 Å². The van der Waals surface area contributed by atoms with Crippen LogP contribution >= 0.6 is 0 Å². The van der Waals surface area contributed by atoms with Gasteiger partial charge in [0.15, 0.2) is 0 Å². The number of carbonyl (C=O) groups is 1. The third-order valence-corrected chi connectivity index (χ3v) is 4.81. The lowest BCUT2D eigenvalue weighted by Crippen LogP contribution is -2.46. The number of nitrogens with zero attached hydrogens (tertiary/aromatic N) is 1. The SMILES string of the molecule is CCC(C(C)C)N1C(=O)C(C)(CC)NC1c1ccccc1. The number of benzene rings is 1. The minimum absolute atomic E-state index is 0.0176.